The molecule has 106 valence electrons. The van der Waals surface area contributed by atoms with Gasteiger partial charge in [-0.1, -0.05) is 17.7 Å². The van der Waals surface area contributed by atoms with Gasteiger partial charge in [0.15, 0.2) is 0 Å². The largest absolute Gasteiger partial charge is 0.497 e. The molecule has 2 aromatic carbocycles. The lowest BCUT2D eigenvalue weighted by Gasteiger charge is -2.18. The van der Waals surface area contributed by atoms with Gasteiger partial charge in [0.2, 0.25) is 0 Å². The lowest BCUT2D eigenvalue weighted by molar-refractivity contribution is 0.213. The summed E-state index contributed by atoms with van der Waals surface area (Å²) in [5.74, 6) is 1.27. The molecular weight excluding hydrogens is 276 g/mol. The number of halogens is 1. The maximum Gasteiger partial charge on any atom is 0.128 e. The first-order chi connectivity index (χ1) is 9.56. The number of hydrogen-bond acceptors (Lipinski definition) is 3. The Hall–Kier alpha value is -1.71. The molecule has 0 amide bonds. The second-order valence-electron chi connectivity index (χ2n) is 4.51. The second kappa shape index (κ2) is 6.16. The van der Waals surface area contributed by atoms with Crippen LogP contribution in [0.2, 0.25) is 5.02 Å². The molecule has 2 aromatic rings. The number of aliphatic hydroxyl groups is 1. The first kappa shape index (κ1) is 14.7. The molecule has 2 rings (SSSR count). The minimum Gasteiger partial charge on any atom is -0.497 e. The average molecular weight is 293 g/mol. The number of benzene rings is 2. The van der Waals surface area contributed by atoms with Gasteiger partial charge in [0.1, 0.15) is 17.6 Å². The van der Waals surface area contributed by atoms with Crippen LogP contribution in [0.25, 0.3) is 0 Å². The van der Waals surface area contributed by atoms with E-state index in [1.54, 1.807) is 38.5 Å². The van der Waals surface area contributed by atoms with Crippen LogP contribution in [0.3, 0.4) is 0 Å². The van der Waals surface area contributed by atoms with Crippen LogP contribution in [0.5, 0.6) is 11.5 Å². The molecule has 0 aliphatic heterocycles. The Balaban J connectivity index is 2.44. The lowest BCUT2D eigenvalue weighted by Crippen LogP contribution is -2.04. The summed E-state index contributed by atoms with van der Waals surface area (Å²) in [5.41, 5.74) is 2.43. The molecule has 1 N–H and O–H groups in total. The minimum atomic E-state index is -0.770. The van der Waals surface area contributed by atoms with Crippen molar-refractivity contribution in [1.29, 1.82) is 0 Å². The van der Waals surface area contributed by atoms with Gasteiger partial charge in [0, 0.05) is 16.7 Å². The van der Waals surface area contributed by atoms with Gasteiger partial charge in [0.25, 0.3) is 0 Å². The predicted molar refractivity (Wildman–Crippen MR) is 79.8 cm³/mol. The van der Waals surface area contributed by atoms with E-state index in [9.17, 15) is 5.11 Å². The van der Waals surface area contributed by atoms with Crippen molar-refractivity contribution in [3.8, 4) is 11.5 Å². The first-order valence-corrected chi connectivity index (χ1v) is 6.60. The SMILES string of the molecule is COc1ccc(C(O)c2ccc(Cl)cc2C)c(OC)c1. The highest BCUT2D eigenvalue weighted by molar-refractivity contribution is 6.30. The molecule has 0 aromatic heterocycles. The summed E-state index contributed by atoms with van der Waals surface area (Å²) in [6, 6.07) is 10.8. The highest BCUT2D eigenvalue weighted by Crippen LogP contribution is 2.34. The van der Waals surface area contributed by atoms with Crippen LogP contribution in [-0.2, 0) is 0 Å². The van der Waals surface area contributed by atoms with Crippen molar-refractivity contribution >= 4 is 11.6 Å². The number of methoxy groups -OCH3 is 2. The van der Waals surface area contributed by atoms with Gasteiger partial charge in [-0.25, -0.2) is 0 Å². The maximum absolute atomic E-state index is 10.6. The molecule has 0 saturated heterocycles. The minimum absolute atomic E-state index is 0.589. The van der Waals surface area contributed by atoms with Crippen molar-refractivity contribution in [2.45, 2.75) is 13.0 Å². The molecule has 0 aliphatic carbocycles. The van der Waals surface area contributed by atoms with E-state index in [0.29, 0.717) is 22.1 Å². The molecule has 20 heavy (non-hydrogen) atoms. The summed E-state index contributed by atoms with van der Waals surface area (Å²) in [6.45, 7) is 1.92. The fourth-order valence-electron chi connectivity index (χ4n) is 2.16. The Kier molecular flexibility index (Phi) is 4.53. The third kappa shape index (κ3) is 2.89. The molecule has 0 bridgehead atoms. The Morgan fingerprint density at radius 1 is 1.00 bits per heavy atom. The molecule has 0 radical (unpaired) electrons. The highest BCUT2D eigenvalue weighted by Gasteiger charge is 2.18. The lowest BCUT2D eigenvalue weighted by atomic mass is 9.97. The van der Waals surface area contributed by atoms with Crippen LogP contribution >= 0.6 is 11.6 Å². The number of rotatable bonds is 4. The second-order valence-corrected chi connectivity index (χ2v) is 4.95. The van der Waals surface area contributed by atoms with E-state index in [-0.39, 0.29) is 0 Å². The van der Waals surface area contributed by atoms with Crippen molar-refractivity contribution < 1.29 is 14.6 Å². The zero-order chi connectivity index (χ0) is 14.7. The molecule has 0 aliphatic rings. The summed E-state index contributed by atoms with van der Waals surface area (Å²) in [5, 5.41) is 11.2. The molecule has 3 nitrogen and oxygen atoms in total. The van der Waals surface area contributed by atoms with Crippen molar-refractivity contribution in [2.75, 3.05) is 14.2 Å². The molecule has 0 spiro atoms. The van der Waals surface area contributed by atoms with Crippen molar-refractivity contribution in [1.82, 2.24) is 0 Å². The van der Waals surface area contributed by atoms with Crippen LogP contribution in [0.15, 0.2) is 36.4 Å². The predicted octanol–water partition coefficient (Wildman–Crippen LogP) is 3.75. The van der Waals surface area contributed by atoms with E-state index in [1.165, 1.54) is 0 Å². The van der Waals surface area contributed by atoms with Crippen molar-refractivity contribution in [3.05, 3.63) is 58.1 Å². The maximum atomic E-state index is 10.6. The van der Waals surface area contributed by atoms with Gasteiger partial charge in [-0.15, -0.1) is 0 Å². The van der Waals surface area contributed by atoms with Gasteiger partial charge in [-0.05, 0) is 42.3 Å². The van der Waals surface area contributed by atoms with Crippen LogP contribution < -0.4 is 9.47 Å². The molecular formula is C16H17ClO3. The van der Waals surface area contributed by atoms with E-state index in [2.05, 4.69) is 0 Å². The van der Waals surface area contributed by atoms with Crippen LogP contribution in [-0.4, -0.2) is 19.3 Å². The quantitative estimate of drug-likeness (QED) is 0.933. The third-order valence-corrected chi connectivity index (χ3v) is 3.50. The highest BCUT2D eigenvalue weighted by atomic mass is 35.5. The average Bonchev–Trinajstić information content (AvgIpc) is 2.46. The Morgan fingerprint density at radius 2 is 1.70 bits per heavy atom. The van der Waals surface area contributed by atoms with Gasteiger partial charge in [-0.2, -0.15) is 0 Å². The molecule has 1 atom stereocenters. The fourth-order valence-corrected chi connectivity index (χ4v) is 2.38. The van der Waals surface area contributed by atoms with Gasteiger partial charge >= 0.3 is 0 Å². The van der Waals surface area contributed by atoms with E-state index in [0.717, 1.165) is 11.1 Å². The zero-order valence-corrected chi connectivity index (χ0v) is 12.4. The number of ether oxygens (including phenoxy) is 2. The Labute approximate surface area is 123 Å². The van der Waals surface area contributed by atoms with E-state index < -0.39 is 6.10 Å². The van der Waals surface area contributed by atoms with Crippen molar-refractivity contribution in [3.63, 3.8) is 0 Å². The number of aliphatic hydroxyl groups excluding tert-OH is 1. The molecule has 0 heterocycles. The van der Waals surface area contributed by atoms with Crippen LogP contribution in [0.1, 0.15) is 22.8 Å². The van der Waals surface area contributed by atoms with Gasteiger partial charge in [0.05, 0.1) is 14.2 Å². The zero-order valence-electron chi connectivity index (χ0n) is 11.7. The Morgan fingerprint density at radius 3 is 2.30 bits per heavy atom. The van der Waals surface area contributed by atoms with E-state index in [4.69, 9.17) is 21.1 Å². The third-order valence-electron chi connectivity index (χ3n) is 3.26. The molecule has 4 heteroatoms. The Bertz CT molecular complexity index is 611. The molecule has 0 fully saturated rings. The molecule has 1 unspecified atom stereocenters. The summed E-state index contributed by atoms with van der Waals surface area (Å²) >= 11 is 5.94. The monoisotopic (exact) mass is 292 g/mol. The molecule has 0 saturated carbocycles. The van der Waals surface area contributed by atoms with Gasteiger partial charge < -0.3 is 14.6 Å². The van der Waals surface area contributed by atoms with Crippen LogP contribution in [0, 0.1) is 6.92 Å². The summed E-state index contributed by atoms with van der Waals surface area (Å²) in [6.07, 6.45) is -0.770. The fraction of sp³-hybridized carbons (Fsp3) is 0.250. The number of hydrogen-bond donors (Lipinski definition) is 1. The standard InChI is InChI=1S/C16H17ClO3/c1-10-8-11(17)4-6-13(10)16(18)14-7-5-12(19-2)9-15(14)20-3/h4-9,16,18H,1-3H3. The van der Waals surface area contributed by atoms with E-state index >= 15 is 0 Å². The summed E-state index contributed by atoms with van der Waals surface area (Å²) in [7, 11) is 3.16. The summed E-state index contributed by atoms with van der Waals surface area (Å²) in [4.78, 5) is 0. The topological polar surface area (TPSA) is 38.7 Å². The van der Waals surface area contributed by atoms with E-state index in [1.807, 2.05) is 19.1 Å². The van der Waals surface area contributed by atoms with Crippen molar-refractivity contribution in [2.24, 2.45) is 0 Å². The van der Waals surface area contributed by atoms with Gasteiger partial charge in [-0.3, -0.25) is 0 Å². The number of aryl methyl sites for hydroxylation is 1. The summed E-state index contributed by atoms with van der Waals surface area (Å²) < 4.78 is 10.5. The first-order valence-electron chi connectivity index (χ1n) is 6.23. The smallest absolute Gasteiger partial charge is 0.128 e. The normalized spacial score (nSPS) is 12.1. The van der Waals surface area contributed by atoms with Crippen LogP contribution in [0.4, 0.5) is 0 Å².